The highest BCUT2D eigenvalue weighted by molar-refractivity contribution is 6.52. The minimum absolute atomic E-state index is 0.0409. The number of ether oxygens (including phenoxy) is 1. The lowest BCUT2D eigenvalue weighted by Crippen LogP contribution is -2.20. The van der Waals surface area contributed by atoms with Crippen LogP contribution >= 0.6 is 0 Å². The molecule has 0 bridgehead atoms. The van der Waals surface area contributed by atoms with Gasteiger partial charge in [0.15, 0.2) is 0 Å². The second-order valence-corrected chi connectivity index (χ2v) is 4.94. The molecule has 5 heteroatoms. The molecule has 0 spiro atoms. The minimum atomic E-state index is -0.629. The fraction of sp³-hybridized carbons (Fsp3) is 0.267. The van der Waals surface area contributed by atoms with Crippen LogP contribution in [0.4, 0.5) is 0 Å². The molecule has 2 heterocycles. The second kappa shape index (κ2) is 4.11. The maximum absolute atomic E-state index is 12.1. The third-order valence-corrected chi connectivity index (χ3v) is 3.69. The van der Waals surface area contributed by atoms with Crippen LogP contribution in [0.1, 0.15) is 45.7 Å². The summed E-state index contributed by atoms with van der Waals surface area (Å²) in [5.41, 5.74) is 1.49. The van der Waals surface area contributed by atoms with Gasteiger partial charge in [0.1, 0.15) is 11.8 Å². The Bertz CT molecular complexity index is 725. The molecule has 20 heavy (non-hydrogen) atoms. The summed E-state index contributed by atoms with van der Waals surface area (Å²) in [6, 6.07) is 6.96. The highest BCUT2D eigenvalue weighted by atomic mass is 16.5. The largest absolute Gasteiger partial charge is 0.433 e. The van der Waals surface area contributed by atoms with Gasteiger partial charge >= 0.3 is 0 Å². The molecule has 4 rings (SSSR count). The van der Waals surface area contributed by atoms with Crippen molar-refractivity contribution in [1.82, 2.24) is 4.98 Å². The maximum atomic E-state index is 12.1. The molecule has 1 fully saturated rings. The first-order valence-electron chi connectivity index (χ1n) is 6.56. The van der Waals surface area contributed by atoms with Gasteiger partial charge in [0.2, 0.25) is 17.4 Å². The lowest BCUT2D eigenvalue weighted by atomic mass is 9.91. The number of Topliss-reactive ketones (excluding diaryl/α,β-unsaturated/α-hetero) is 2. The zero-order chi connectivity index (χ0) is 13.7. The van der Waals surface area contributed by atoms with Gasteiger partial charge in [-0.15, -0.1) is 0 Å². The van der Waals surface area contributed by atoms with Crippen molar-refractivity contribution < 1.29 is 18.7 Å². The number of benzene rings is 1. The van der Waals surface area contributed by atoms with Crippen molar-refractivity contribution in [3.63, 3.8) is 0 Å². The van der Waals surface area contributed by atoms with Gasteiger partial charge < -0.3 is 9.15 Å². The van der Waals surface area contributed by atoms with Crippen LogP contribution in [0.25, 0.3) is 11.3 Å². The van der Waals surface area contributed by atoms with Crippen LogP contribution in [0, 0.1) is 0 Å². The summed E-state index contributed by atoms with van der Waals surface area (Å²) >= 11 is 0. The van der Waals surface area contributed by atoms with E-state index in [0.29, 0.717) is 29.3 Å². The van der Waals surface area contributed by atoms with Crippen LogP contribution < -0.4 is 0 Å². The van der Waals surface area contributed by atoms with Crippen LogP contribution in [0.2, 0.25) is 0 Å². The highest BCUT2D eigenvalue weighted by Gasteiger charge is 2.37. The number of rotatable bonds is 1. The molecular formula is C15H11NO4. The number of fused-ring (bicyclic) bond motifs is 3. The number of ketones is 2. The summed E-state index contributed by atoms with van der Waals surface area (Å²) in [6.07, 6.45) is 1.56. The normalized spacial score (nSPS) is 20.9. The van der Waals surface area contributed by atoms with Gasteiger partial charge in [-0.2, -0.15) is 0 Å². The summed E-state index contributed by atoms with van der Waals surface area (Å²) in [5.74, 6) is -0.733. The lowest BCUT2D eigenvalue weighted by molar-refractivity contribution is 0.0767. The van der Waals surface area contributed by atoms with Crippen LogP contribution in [-0.4, -0.2) is 23.2 Å². The molecule has 1 aliphatic heterocycles. The monoisotopic (exact) mass is 269 g/mol. The van der Waals surface area contributed by atoms with Gasteiger partial charge in [-0.3, -0.25) is 9.59 Å². The molecule has 1 aliphatic carbocycles. The number of nitrogens with zero attached hydrogens (tertiary/aromatic N) is 1. The van der Waals surface area contributed by atoms with Crippen molar-refractivity contribution >= 4 is 11.6 Å². The Morgan fingerprint density at radius 3 is 2.65 bits per heavy atom. The van der Waals surface area contributed by atoms with Gasteiger partial charge in [-0.1, -0.05) is 24.3 Å². The van der Waals surface area contributed by atoms with Gasteiger partial charge in [0.25, 0.3) is 5.78 Å². The molecule has 1 saturated heterocycles. The van der Waals surface area contributed by atoms with Gasteiger partial charge in [0.05, 0.1) is 0 Å². The Balaban J connectivity index is 1.90. The third kappa shape index (κ3) is 1.50. The maximum Gasteiger partial charge on any atom is 0.271 e. The molecule has 100 valence electrons. The van der Waals surface area contributed by atoms with E-state index < -0.39 is 11.6 Å². The predicted molar refractivity (Wildman–Crippen MR) is 68.5 cm³/mol. The van der Waals surface area contributed by atoms with E-state index in [1.165, 1.54) is 0 Å². The van der Waals surface area contributed by atoms with Gasteiger partial charge in [0, 0.05) is 17.7 Å². The zero-order valence-corrected chi connectivity index (χ0v) is 10.6. The van der Waals surface area contributed by atoms with Crippen molar-refractivity contribution in [2.24, 2.45) is 0 Å². The third-order valence-electron chi connectivity index (χ3n) is 3.69. The fourth-order valence-corrected chi connectivity index (χ4v) is 2.70. The summed E-state index contributed by atoms with van der Waals surface area (Å²) < 4.78 is 11.0. The Hall–Kier alpha value is -2.27. The molecule has 0 radical (unpaired) electrons. The van der Waals surface area contributed by atoms with Crippen molar-refractivity contribution in [1.29, 1.82) is 0 Å². The molecule has 1 unspecified atom stereocenters. The van der Waals surface area contributed by atoms with E-state index in [0.717, 1.165) is 12.8 Å². The number of carbonyl (C=O) groups is 2. The molecular weight excluding hydrogens is 258 g/mol. The lowest BCUT2D eigenvalue weighted by Gasteiger charge is -2.10. The molecule has 5 nitrogen and oxygen atoms in total. The van der Waals surface area contributed by atoms with E-state index in [1.807, 2.05) is 6.07 Å². The molecule has 0 amide bonds. The molecule has 2 aromatic rings. The van der Waals surface area contributed by atoms with E-state index in [1.54, 1.807) is 18.2 Å². The summed E-state index contributed by atoms with van der Waals surface area (Å²) in [7, 11) is 0. The van der Waals surface area contributed by atoms with Crippen molar-refractivity contribution in [3.8, 4) is 11.3 Å². The molecule has 1 aromatic heterocycles. The minimum Gasteiger partial charge on any atom is -0.433 e. The number of aromatic nitrogens is 1. The first-order chi connectivity index (χ1) is 9.75. The zero-order valence-electron chi connectivity index (χ0n) is 10.6. The Morgan fingerprint density at radius 2 is 1.90 bits per heavy atom. The SMILES string of the molecule is O=C1C(=O)c2oc(C3CCCO3)nc2-c2ccccc21. The number of hydrogen-bond donors (Lipinski definition) is 0. The Morgan fingerprint density at radius 1 is 1.10 bits per heavy atom. The quantitative estimate of drug-likeness (QED) is 0.744. The fourth-order valence-electron chi connectivity index (χ4n) is 2.70. The molecule has 1 aromatic carbocycles. The standard InChI is InChI=1S/C15H11NO4/c17-12-9-5-2-1-4-8(9)11-14(13(12)18)20-15(16-11)10-6-3-7-19-10/h1-2,4-5,10H,3,6-7H2. The van der Waals surface area contributed by atoms with E-state index in [4.69, 9.17) is 9.15 Å². The second-order valence-electron chi connectivity index (χ2n) is 4.94. The average Bonchev–Trinajstić information content (AvgIpc) is 3.13. The summed E-state index contributed by atoms with van der Waals surface area (Å²) in [5, 5.41) is 0. The molecule has 2 aliphatic rings. The van der Waals surface area contributed by atoms with Crippen molar-refractivity contribution in [2.45, 2.75) is 18.9 Å². The van der Waals surface area contributed by atoms with E-state index in [9.17, 15) is 9.59 Å². The summed E-state index contributed by atoms with van der Waals surface area (Å²) in [6.45, 7) is 0.668. The number of oxazole rings is 1. The van der Waals surface area contributed by atoms with Crippen molar-refractivity contribution in [3.05, 3.63) is 41.5 Å². The predicted octanol–water partition coefficient (Wildman–Crippen LogP) is 2.57. The van der Waals surface area contributed by atoms with E-state index in [2.05, 4.69) is 4.98 Å². The molecule has 0 N–H and O–H groups in total. The van der Waals surface area contributed by atoms with Crippen LogP contribution in [0.5, 0.6) is 0 Å². The van der Waals surface area contributed by atoms with Crippen LogP contribution in [-0.2, 0) is 4.74 Å². The molecule has 1 atom stereocenters. The average molecular weight is 269 g/mol. The first kappa shape index (κ1) is 11.5. The van der Waals surface area contributed by atoms with Gasteiger partial charge in [-0.25, -0.2) is 4.98 Å². The van der Waals surface area contributed by atoms with Gasteiger partial charge in [-0.05, 0) is 12.8 Å². The smallest absolute Gasteiger partial charge is 0.271 e. The van der Waals surface area contributed by atoms with Crippen LogP contribution in [0.3, 0.4) is 0 Å². The Labute approximate surface area is 114 Å². The Kier molecular flexibility index (Phi) is 2.37. The van der Waals surface area contributed by atoms with Crippen molar-refractivity contribution in [2.75, 3.05) is 6.61 Å². The van der Waals surface area contributed by atoms with Crippen LogP contribution in [0.15, 0.2) is 28.7 Å². The molecule has 0 saturated carbocycles. The number of hydrogen-bond acceptors (Lipinski definition) is 5. The first-order valence-corrected chi connectivity index (χ1v) is 6.56. The van der Waals surface area contributed by atoms with E-state index >= 15 is 0 Å². The topological polar surface area (TPSA) is 69.4 Å². The number of carbonyl (C=O) groups excluding carboxylic acids is 2. The highest BCUT2D eigenvalue weighted by Crippen LogP contribution is 2.37. The van der Waals surface area contributed by atoms with E-state index in [-0.39, 0.29) is 11.9 Å². The summed E-state index contributed by atoms with van der Waals surface area (Å²) in [4.78, 5) is 28.5.